The Labute approximate surface area is 133 Å². The van der Waals surface area contributed by atoms with Gasteiger partial charge in [0.15, 0.2) is 0 Å². The molecule has 1 aromatic carbocycles. The summed E-state index contributed by atoms with van der Waals surface area (Å²) in [5.74, 6) is -1.80. The highest BCUT2D eigenvalue weighted by molar-refractivity contribution is 5.79. The Bertz CT molecular complexity index is 507. The number of halogens is 3. The Morgan fingerprint density at radius 1 is 1.39 bits per heavy atom. The third-order valence-electron chi connectivity index (χ3n) is 3.77. The van der Waals surface area contributed by atoms with Gasteiger partial charge in [0.1, 0.15) is 6.73 Å². The summed E-state index contributed by atoms with van der Waals surface area (Å²) in [4.78, 5) is 13.9. The first-order valence-corrected chi connectivity index (χ1v) is 7.38. The molecule has 0 aromatic heterocycles. The highest BCUT2D eigenvalue weighted by Crippen LogP contribution is 2.28. The first kappa shape index (κ1) is 17.7. The maximum Gasteiger partial charge on any atom is 0.389 e. The standard InChI is InChI=1S/C16H20F3NO3/c1-22-9-13(8-16(17,18)19)15(21)20-11-23-10-14(20)7-12-5-3-2-4-6-12/h2-6,13-14H,7-11H2,1H3/t13-,14+/m0/s1. The van der Waals surface area contributed by atoms with Crippen LogP contribution in [0.5, 0.6) is 0 Å². The molecule has 0 bridgehead atoms. The molecule has 1 amide bonds. The molecule has 1 fully saturated rings. The van der Waals surface area contributed by atoms with Crippen LogP contribution in [0.25, 0.3) is 0 Å². The number of rotatable bonds is 6. The van der Waals surface area contributed by atoms with E-state index in [2.05, 4.69) is 0 Å². The fourth-order valence-electron chi connectivity index (χ4n) is 2.71. The summed E-state index contributed by atoms with van der Waals surface area (Å²) in [5, 5.41) is 0. The predicted octanol–water partition coefficient (Wildman–Crippen LogP) is 2.63. The summed E-state index contributed by atoms with van der Waals surface area (Å²) in [6.45, 7) is 0.0909. The number of alkyl halides is 3. The van der Waals surface area contributed by atoms with Crippen molar-refractivity contribution in [3.05, 3.63) is 35.9 Å². The molecule has 1 aliphatic heterocycles. The van der Waals surface area contributed by atoms with Crippen LogP contribution in [0, 0.1) is 5.92 Å². The van der Waals surface area contributed by atoms with Crippen LogP contribution in [0.4, 0.5) is 13.2 Å². The summed E-state index contributed by atoms with van der Waals surface area (Å²) in [5.41, 5.74) is 1.01. The average molecular weight is 331 g/mol. The van der Waals surface area contributed by atoms with Gasteiger partial charge >= 0.3 is 6.18 Å². The van der Waals surface area contributed by atoms with E-state index in [0.717, 1.165) is 5.56 Å². The molecule has 2 atom stereocenters. The van der Waals surface area contributed by atoms with Crippen molar-refractivity contribution >= 4 is 5.91 Å². The summed E-state index contributed by atoms with van der Waals surface area (Å²) in [7, 11) is 1.29. The van der Waals surface area contributed by atoms with Gasteiger partial charge in [0.25, 0.3) is 0 Å². The Kier molecular flexibility index (Phi) is 6.01. The van der Waals surface area contributed by atoms with Gasteiger partial charge in [-0.3, -0.25) is 4.79 Å². The number of nitrogens with zero attached hydrogens (tertiary/aromatic N) is 1. The zero-order valence-corrected chi connectivity index (χ0v) is 12.9. The second-order valence-corrected chi connectivity index (χ2v) is 5.62. The first-order valence-electron chi connectivity index (χ1n) is 7.38. The minimum Gasteiger partial charge on any atom is -0.384 e. The van der Waals surface area contributed by atoms with Crippen LogP contribution >= 0.6 is 0 Å². The van der Waals surface area contributed by atoms with E-state index in [9.17, 15) is 18.0 Å². The lowest BCUT2D eigenvalue weighted by Crippen LogP contribution is -2.44. The average Bonchev–Trinajstić information content (AvgIpc) is 2.94. The number of amides is 1. The summed E-state index contributed by atoms with van der Waals surface area (Å²) >= 11 is 0. The van der Waals surface area contributed by atoms with Crippen LogP contribution in [0.3, 0.4) is 0 Å². The molecule has 1 heterocycles. The fraction of sp³-hybridized carbons (Fsp3) is 0.562. The van der Waals surface area contributed by atoms with Gasteiger partial charge in [0.05, 0.1) is 31.6 Å². The molecule has 0 aliphatic carbocycles. The fourth-order valence-corrected chi connectivity index (χ4v) is 2.71. The maximum absolute atomic E-state index is 12.7. The van der Waals surface area contributed by atoms with E-state index in [-0.39, 0.29) is 19.4 Å². The van der Waals surface area contributed by atoms with Crippen molar-refractivity contribution in [2.24, 2.45) is 5.92 Å². The minimum absolute atomic E-state index is 0.0222. The molecule has 1 aromatic rings. The van der Waals surface area contributed by atoms with Crippen LogP contribution in [0.1, 0.15) is 12.0 Å². The van der Waals surface area contributed by atoms with Crippen molar-refractivity contribution in [2.45, 2.75) is 25.1 Å². The van der Waals surface area contributed by atoms with Crippen molar-refractivity contribution in [2.75, 3.05) is 27.1 Å². The molecule has 4 nitrogen and oxygen atoms in total. The van der Waals surface area contributed by atoms with Crippen molar-refractivity contribution in [1.29, 1.82) is 0 Å². The topological polar surface area (TPSA) is 38.8 Å². The minimum atomic E-state index is -4.41. The van der Waals surface area contributed by atoms with E-state index < -0.39 is 24.4 Å². The monoisotopic (exact) mass is 331 g/mol. The number of ether oxygens (including phenoxy) is 2. The summed E-state index contributed by atoms with van der Waals surface area (Å²) in [6.07, 6.45) is -5.04. The van der Waals surface area contributed by atoms with Crippen LogP contribution in [0.15, 0.2) is 30.3 Å². The van der Waals surface area contributed by atoms with Gasteiger partial charge in [-0.05, 0) is 12.0 Å². The van der Waals surface area contributed by atoms with Crippen LogP contribution < -0.4 is 0 Å². The van der Waals surface area contributed by atoms with Gasteiger partial charge in [0, 0.05) is 7.11 Å². The number of carbonyl (C=O) groups excluding carboxylic acids is 1. The highest BCUT2D eigenvalue weighted by Gasteiger charge is 2.40. The van der Waals surface area contributed by atoms with E-state index in [1.165, 1.54) is 12.0 Å². The van der Waals surface area contributed by atoms with Gasteiger partial charge in [0.2, 0.25) is 5.91 Å². The van der Waals surface area contributed by atoms with Gasteiger partial charge in [-0.15, -0.1) is 0 Å². The van der Waals surface area contributed by atoms with Gasteiger partial charge in [-0.2, -0.15) is 13.2 Å². The molecule has 0 radical (unpaired) electrons. The van der Waals surface area contributed by atoms with Crippen LogP contribution in [-0.2, 0) is 20.7 Å². The Morgan fingerprint density at radius 3 is 2.70 bits per heavy atom. The molecule has 0 saturated carbocycles. The second kappa shape index (κ2) is 7.79. The SMILES string of the molecule is COC[C@H](CC(F)(F)F)C(=O)N1COC[C@H]1Cc1ccccc1. The molecule has 2 rings (SSSR count). The lowest BCUT2D eigenvalue weighted by Gasteiger charge is -2.27. The zero-order chi connectivity index (χ0) is 16.9. The van der Waals surface area contributed by atoms with Crippen LogP contribution in [-0.4, -0.2) is 50.1 Å². The van der Waals surface area contributed by atoms with E-state index in [0.29, 0.717) is 13.0 Å². The highest BCUT2D eigenvalue weighted by atomic mass is 19.4. The van der Waals surface area contributed by atoms with E-state index in [4.69, 9.17) is 9.47 Å². The molecule has 7 heteroatoms. The van der Waals surface area contributed by atoms with E-state index in [1.54, 1.807) is 0 Å². The molecule has 1 saturated heterocycles. The molecule has 0 unspecified atom stereocenters. The molecule has 0 spiro atoms. The number of methoxy groups -OCH3 is 1. The smallest absolute Gasteiger partial charge is 0.384 e. The Balaban J connectivity index is 2.05. The lowest BCUT2D eigenvalue weighted by atomic mass is 10.0. The molecule has 1 aliphatic rings. The number of carbonyl (C=O) groups is 1. The van der Waals surface area contributed by atoms with E-state index in [1.807, 2.05) is 30.3 Å². The molecule has 128 valence electrons. The quantitative estimate of drug-likeness (QED) is 0.804. The Morgan fingerprint density at radius 2 is 2.09 bits per heavy atom. The number of benzene rings is 1. The maximum atomic E-state index is 12.7. The van der Waals surface area contributed by atoms with E-state index >= 15 is 0 Å². The van der Waals surface area contributed by atoms with Gasteiger partial charge in [-0.1, -0.05) is 30.3 Å². The molecular weight excluding hydrogens is 311 g/mol. The predicted molar refractivity (Wildman–Crippen MR) is 77.6 cm³/mol. The second-order valence-electron chi connectivity index (χ2n) is 5.62. The third-order valence-corrected chi connectivity index (χ3v) is 3.77. The summed E-state index contributed by atoms with van der Waals surface area (Å²) in [6, 6.07) is 9.24. The lowest BCUT2D eigenvalue weighted by molar-refractivity contribution is -0.164. The zero-order valence-electron chi connectivity index (χ0n) is 12.9. The molecular formula is C16H20F3NO3. The third kappa shape index (κ3) is 5.21. The number of hydrogen-bond acceptors (Lipinski definition) is 3. The molecule has 0 N–H and O–H groups in total. The Hall–Kier alpha value is -1.60. The van der Waals surface area contributed by atoms with Crippen molar-refractivity contribution in [1.82, 2.24) is 4.90 Å². The summed E-state index contributed by atoms with van der Waals surface area (Å²) < 4.78 is 48.1. The molecule has 23 heavy (non-hydrogen) atoms. The van der Waals surface area contributed by atoms with Gasteiger partial charge in [-0.25, -0.2) is 0 Å². The normalized spacial score (nSPS) is 19.8. The van der Waals surface area contributed by atoms with Gasteiger partial charge < -0.3 is 14.4 Å². The largest absolute Gasteiger partial charge is 0.389 e. The van der Waals surface area contributed by atoms with Crippen LogP contribution in [0.2, 0.25) is 0 Å². The van der Waals surface area contributed by atoms with Crippen molar-refractivity contribution in [3.63, 3.8) is 0 Å². The van der Waals surface area contributed by atoms with Crippen molar-refractivity contribution in [3.8, 4) is 0 Å². The van der Waals surface area contributed by atoms with Crippen molar-refractivity contribution < 1.29 is 27.4 Å². The number of hydrogen-bond donors (Lipinski definition) is 0. The first-order chi connectivity index (χ1) is 10.9.